The maximum atomic E-state index is 11.3. The summed E-state index contributed by atoms with van der Waals surface area (Å²) in [6.07, 6.45) is 1.70. The van der Waals surface area contributed by atoms with Gasteiger partial charge >= 0.3 is 5.97 Å². The summed E-state index contributed by atoms with van der Waals surface area (Å²) in [5, 5.41) is 9.28. The van der Waals surface area contributed by atoms with Gasteiger partial charge in [-0.05, 0) is 43.0 Å². The van der Waals surface area contributed by atoms with Crippen LogP contribution < -0.4 is 4.74 Å². The molecule has 1 heterocycles. The Morgan fingerprint density at radius 3 is 2.64 bits per heavy atom. The Labute approximate surface area is 149 Å². The molecule has 1 aliphatic rings. The standard InChI is InChI=1S/C21H25NO3/c1-16-10-11-19(21(23)24)14-22(16)13-18-8-5-9-20(12-18)25-15-17-6-3-2-4-7-17/h2-9,12,16,19H,10-11,13-15H2,1H3,(H,23,24). The van der Waals surface area contributed by atoms with E-state index in [-0.39, 0.29) is 5.92 Å². The Bertz CT molecular complexity index is 701. The topological polar surface area (TPSA) is 49.8 Å². The Morgan fingerprint density at radius 2 is 1.88 bits per heavy atom. The first-order valence-corrected chi connectivity index (χ1v) is 8.84. The number of ether oxygens (including phenoxy) is 1. The molecular weight excluding hydrogens is 314 g/mol. The third-order valence-electron chi connectivity index (χ3n) is 4.89. The van der Waals surface area contributed by atoms with Gasteiger partial charge in [-0.15, -0.1) is 0 Å². The van der Waals surface area contributed by atoms with Gasteiger partial charge in [0.2, 0.25) is 0 Å². The highest BCUT2D eigenvalue weighted by molar-refractivity contribution is 5.70. The molecule has 3 rings (SSSR count). The number of aliphatic carboxylic acids is 1. The molecule has 1 N–H and O–H groups in total. The van der Waals surface area contributed by atoms with Crippen LogP contribution in [0.5, 0.6) is 5.75 Å². The second kappa shape index (κ2) is 8.17. The molecule has 2 aromatic carbocycles. The number of hydrogen-bond acceptors (Lipinski definition) is 3. The first-order chi connectivity index (χ1) is 12.1. The number of carbonyl (C=O) groups is 1. The fourth-order valence-corrected chi connectivity index (χ4v) is 3.31. The predicted molar refractivity (Wildman–Crippen MR) is 97.4 cm³/mol. The summed E-state index contributed by atoms with van der Waals surface area (Å²) >= 11 is 0. The highest BCUT2D eigenvalue weighted by atomic mass is 16.5. The SMILES string of the molecule is CC1CCC(C(=O)O)CN1Cc1cccc(OCc2ccccc2)c1. The quantitative estimate of drug-likeness (QED) is 0.866. The van der Waals surface area contributed by atoms with Gasteiger partial charge in [-0.25, -0.2) is 0 Å². The number of rotatable bonds is 6. The fraction of sp³-hybridized carbons (Fsp3) is 0.381. The van der Waals surface area contributed by atoms with Gasteiger partial charge in [-0.1, -0.05) is 42.5 Å². The van der Waals surface area contributed by atoms with Gasteiger partial charge in [0.1, 0.15) is 12.4 Å². The van der Waals surface area contributed by atoms with Crippen molar-refractivity contribution in [1.82, 2.24) is 4.90 Å². The maximum absolute atomic E-state index is 11.3. The molecule has 0 aliphatic carbocycles. The van der Waals surface area contributed by atoms with E-state index >= 15 is 0 Å². The van der Waals surface area contributed by atoms with Crippen LogP contribution in [0.4, 0.5) is 0 Å². The van der Waals surface area contributed by atoms with Crippen molar-refractivity contribution in [3.8, 4) is 5.75 Å². The van der Waals surface area contributed by atoms with Crippen molar-refractivity contribution >= 4 is 5.97 Å². The van der Waals surface area contributed by atoms with Gasteiger partial charge in [-0.3, -0.25) is 9.69 Å². The number of carboxylic acid groups (broad SMARTS) is 1. The summed E-state index contributed by atoms with van der Waals surface area (Å²) < 4.78 is 5.90. The van der Waals surface area contributed by atoms with E-state index in [1.807, 2.05) is 42.5 Å². The molecule has 0 aromatic heterocycles. The zero-order chi connectivity index (χ0) is 17.6. The molecule has 4 nitrogen and oxygen atoms in total. The monoisotopic (exact) mass is 339 g/mol. The lowest BCUT2D eigenvalue weighted by Crippen LogP contribution is -2.43. The average Bonchev–Trinajstić information content (AvgIpc) is 2.63. The van der Waals surface area contributed by atoms with Crippen LogP contribution in [0, 0.1) is 5.92 Å². The number of piperidine rings is 1. The zero-order valence-electron chi connectivity index (χ0n) is 14.6. The molecule has 0 spiro atoms. The van der Waals surface area contributed by atoms with Crippen molar-refractivity contribution in [1.29, 1.82) is 0 Å². The summed E-state index contributed by atoms with van der Waals surface area (Å²) in [7, 11) is 0. The second-order valence-electron chi connectivity index (χ2n) is 6.81. The third kappa shape index (κ3) is 4.83. The normalized spacial score (nSPS) is 21.0. The van der Waals surface area contributed by atoms with Crippen LogP contribution in [0.2, 0.25) is 0 Å². The molecule has 25 heavy (non-hydrogen) atoms. The van der Waals surface area contributed by atoms with E-state index in [9.17, 15) is 9.90 Å². The second-order valence-corrected chi connectivity index (χ2v) is 6.81. The van der Waals surface area contributed by atoms with Crippen molar-refractivity contribution in [2.24, 2.45) is 5.92 Å². The van der Waals surface area contributed by atoms with Crippen LogP contribution in [0.3, 0.4) is 0 Å². The molecule has 1 aliphatic heterocycles. The first-order valence-electron chi connectivity index (χ1n) is 8.84. The van der Waals surface area contributed by atoms with E-state index in [2.05, 4.69) is 24.0 Å². The summed E-state index contributed by atoms with van der Waals surface area (Å²) in [6.45, 7) is 4.10. The van der Waals surface area contributed by atoms with Crippen LogP contribution in [0.1, 0.15) is 30.9 Å². The molecule has 0 bridgehead atoms. The van der Waals surface area contributed by atoms with Crippen molar-refractivity contribution in [3.63, 3.8) is 0 Å². The number of carboxylic acids is 1. The Balaban J connectivity index is 1.61. The lowest BCUT2D eigenvalue weighted by molar-refractivity contribution is -0.144. The third-order valence-corrected chi connectivity index (χ3v) is 4.89. The predicted octanol–water partition coefficient (Wildman–Crippen LogP) is 3.95. The maximum Gasteiger partial charge on any atom is 0.307 e. The Morgan fingerprint density at radius 1 is 1.12 bits per heavy atom. The van der Waals surface area contributed by atoms with Gasteiger partial charge in [-0.2, -0.15) is 0 Å². The van der Waals surface area contributed by atoms with Crippen molar-refractivity contribution in [2.45, 2.75) is 39.0 Å². The molecular formula is C21H25NO3. The molecule has 4 heteroatoms. The largest absolute Gasteiger partial charge is 0.489 e. The molecule has 1 fully saturated rings. The Hall–Kier alpha value is -2.33. The molecule has 2 aromatic rings. The van der Waals surface area contributed by atoms with Crippen LogP contribution in [0.15, 0.2) is 54.6 Å². The van der Waals surface area contributed by atoms with Crippen LogP contribution in [0.25, 0.3) is 0 Å². The molecule has 1 saturated heterocycles. The van der Waals surface area contributed by atoms with Crippen molar-refractivity contribution < 1.29 is 14.6 Å². The smallest absolute Gasteiger partial charge is 0.307 e. The van der Waals surface area contributed by atoms with Crippen molar-refractivity contribution in [2.75, 3.05) is 6.54 Å². The minimum atomic E-state index is -0.683. The van der Waals surface area contributed by atoms with E-state index in [0.29, 0.717) is 19.2 Å². The van der Waals surface area contributed by atoms with E-state index in [1.54, 1.807) is 0 Å². The van der Waals surface area contributed by atoms with Gasteiger partial charge in [0.15, 0.2) is 0 Å². The van der Waals surface area contributed by atoms with Gasteiger partial charge < -0.3 is 9.84 Å². The average molecular weight is 339 g/mol. The number of hydrogen-bond donors (Lipinski definition) is 1. The summed E-state index contributed by atoms with van der Waals surface area (Å²) in [4.78, 5) is 13.5. The lowest BCUT2D eigenvalue weighted by Gasteiger charge is -2.36. The minimum Gasteiger partial charge on any atom is -0.489 e. The van der Waals surface area contributed by atoms with E-state index in [4.69, 9.17) is 4.74 Å². The van der Waals surface area contributed by atoms with Crippen LogP contribution in [-0.2, 0) is 17.9 Å². The lowest BCUT2D eigenvalue weighted by atomic mass is 9.93. The molecule has 2 atom stereocenters. The van der Waals surface area contributed by atoms with Gasteiger partial charge in [0.05, 0.1) is 5.92 Å². The highest BCUT2D eigenvalue weighted by Crippen LogP contribution is 2.25. The molecule has 2 unspecified atom stereocenters. The van der Waals surface area contributed by atoms with E-state index < -0.39 is 5.97 Å². The molecule has 0 saturated carbocycles. The molecule has 0 amide bonds. The van der Waals surface area contributed by atoms with Crippen LogP contribution >= 0.6 is 0 Å². The van der Waals surface area contributed by atoms with Gasteiger partial charge in [0, 0.05) is 19.1 Å². The van der Waals surface area contributed by atoms with Crippen molar-refractivity contribution in [3.05, 3.63) is 65.7 Å². The molecule has 0 radical (unpaired) electrons. The number of likely N-dealkylation sites (tertiary alicyclic amines) is 1. The molecule has 132 valence electrons. The summed E-state index contributed by atoms with van der Waals surface area (Å²) in [5.41, 5.74) is 2.30. The van der Waals surface area contributed by atoms with Crippen LogP contribution in [-0.4, -0.2) is 28.6 Å². The highest BCUT2D eigenvalue weighted by Gasteiger charge is 2.29. The van der Waals surface area contributed by atoms with Gasteiger partial charge in [0.25, 0.3) is 0 Å². The Kier molecular flexibility index (Phi) is 5.71. The first kappa shape index (κ1) is 17.5. The summed E-state index contributed by atoms with van der Waals surface area (Å²) in [6, 6.07) is 18.6. The zero-order valence-corrected chi connectivity index (χ0v) is 14.6. The van der Waals surface area contributed by atoms with E-state index in [1.165, 1.54) is 0 Å². The minimum absolute atomic E-state index is 0.256. The fourth-order valence-electron chi connectivity index (χ4n) is 3.31. The number of benzene rings is 2. The van der Waals surface area contributed by atoms with E-state index in [0.717, 1.165) is 36.3 Å². The number of nitrogens with zero attached hydrogens (tertiary/aromatic N) is 1. The summed E-state index contributed by atoms with van der Waals surface area (Å²) in [5.74, 6) is -0.0913.